The Bertz CT molecular complexity index is 787. The van der Waals surface area contributed by atoms with E-state index in [0.717, 1.165) is 27.3 Å². The van der Waals surface area contributed by atoms with Gasteiger partial charge in [0.1, 0.15) is 0 Å². The van der Waals surface area contributed by atoms with Crippen molar-refractivity contribution in [1.29, 1.82) is 0 Å². The normalized spacial score (nSPS) is 11.3. The van der Waals surface area contributed by atoms with E-state index in [4.69, 9.17) is 0 Å². The van der Waals surface area contributed by atoms with Crippen molar-refractivity contribution in [3.63, 3.8) is 0 Å². The molecule has 0 aliphatic carbocycles. The standard InChI is InChI=1S/C17H14N2OS/c1-12-6-2-3-7-13(12)16(20)10-11-21-17-18-14-8-4-5-9-15(14)19-17/h2-11H,1H3,(H,18,19). The molecule has 0 spiro atoms. The molecule has 0 atom stereocenters. The van der Waals surface area contributed by atoms with E-state index in [1.165, 1.54) is 11.8 Å². The van der Waals surface area contributed by atoms with Gasteiger partial charge in [0, 0.05) is 5.56 Å². The molecule has 3 aromatic rings. The van der Waals surface area contributed by atoms with Crippen molar-refractivity contribution in [2.45, 2.75) is 12.1 Å². The van der Waals surface area contributed by atoms with Crippen LogP contribution < -0.4 is 0 Å². The lowest BCUT2D eigenvalue weighted by molar-refractivity contribution is 0.104. The predicted molar refractivity (Wildman–Crippen MR) is 86.6 cm³/mol. The number of hydrogen-bond donors (Lipinski definition) is 1. The van der Waals surface area contributed by atoms with E-state index in [1.54, 1.807) is 11.5 Å². The average molecular weight is 294 g/mol. The van der Waals surface area contributed by atoms with Crippen molar-refractivity contribution in [2.24, 2.45) is 0 Å². The number of para-hydroxylation sites is 2. The van der Waals surface area contributed by atoms with E-state index >= 15 is 0 Å². The van der Waals surface area contributed by atoms with E-state index in [2.05, 4.69) is 9.97 Å². The highest BCUT2D eigenvalue weighted by atomic mass is 32.2. The third-order valence-corrected chi connectivity index (χ3v) is 3.87. The number of nitrogens with one attached hydrogen (secondary N) is 1. The lowest BCUT2D eigenvalue weighted by Gasteiger charge is -1.99. The molecule has 3 rings (SSSR count). The summed E-state index contributed by atoms with van der Waals surface area (Å²) in [6.07, 6.45) is 1.58. The van der Waals surface area contributed by atoms with Crippen LogP contribution in [0, 0.1) is 6.92 Å². The fraction of sp³-hybridized carbons (Fsp3) is 0.0588. The molecule has 3 nitrogen and oxygen atoms in total. The van der Waals surface area contributed by atoms with Gasteiger partial charge in [-0.05, 0) is 36.1 Å². The molecule has 0 amide bonds. The molecule has 21 heavy (non-hydrogen) atoms. The largest absolute Gasteiger partial charge is 0.333 e. The Morgan fingerprint density at radius 2 is 1.90 bits per heavy atom. The fourth-order valence-electron chi connectivity index (χ4n) is 2.08. The number of rotatable bonds is 4. The summed E-state index contributed by atoms with van der Waals surface area (Å²) >= 11 is 1.41. The van der Waals surface area contributed by atoms with Gasteiger partial charge in [-0.25, -0.2) is 4.98 Å². The van der Waals surface area contributed by atoms with Crippen LogP contribution in [0.1, 0.15) is 15.9 Å². The number of aromatic amines is 1. The lowest BCUT2D eigenvalue weighted by atomic mass is 10.1. The number of aromatic nitrogens is 2. The molecule has 4 heteroatoms. The Morgan fingerprint density at radius 1 is 1.14 bits per heavy atom. The number of allylic oxidation sites excluding steroid dienone is 1. The van der Waals surface area contributed by atoms with Crippen LogP contribution in [0.5, 0.6) is 0 Å². The molecule has 0 saturated carbocycles. The fourth-order valence-corrected chi connectivity index (χ4v) is 2.73. The number of carbonyl (C=O) groups excluding carboxylic acids is 1. The maximum Gasteiger partial charge on any atom is 0.186 e. The number of hydrogen-bond acceptors (Lipinski definition) is 3. The maximum absolute atomic E-state index is 12.1. The molecule has 1 aromatic heterocycles. The number of imidazole rings is 1. The molecule has 0 saturated heterocycles. The number of aryl methyl sites for hydroxylation is 1. The third-order valence-electron chi connectivity index (χ3n) is 3.18. The summed E-state index contributed by atoms with van der Waals surface area (Å²) in [5, 5.41) is 2.55. The number of ketones is 1. The smallest absolute Gasteiger partial charge is 0.186 e. The highest BCUT2D eigenvalue weighted by Gasteiger charge is 2.05. The van der Waals surface area contributed by atoms with Crippen molar-refractivity contribution in [1.82, 2.24) is 9.97 Å². The van der Waals surface area contributed by atoms with Gasteiger partial charge in [-0.15, -0.1) is 0 Å². The zero-order chi connectivity index (χ0) is 14.7. The minimum Gasteiger partial charge on any atom is -0.333 e. The Morgan fingerprint density at radius 3 is 2.71 bits per heavy atom. The summed E-state index contributed by atoms with van der Waals surface area (Å²) < 4.78 is 0. The van der Waals surface area contributed by atoms with Gasteiger partial charge in [0.05, 0.1) is 11.0 Å². The van der Waals surface area contributed by atoms with Crippen LogP contribution in [-0.4, -0.2) is 15.8 Å². The molecular weight excluding hydrogens is 280 g/mol. The van der Waals surface area contributed by atoms with Gasteiger partial charge in [0.2, 0.25) is 0 Å². The second kappa shape index (κ2) is 5.97. The quantitative estimate of drug-likeness (QED) is 0.442. The Balaban J connectivity index is 1.72. The van der Waals surface area contributed by atoms with Gasteiger partial charge < -0.3 is 4.98 Å². The predicted octanol–water partition coefficient (Wildman–Crippen LogP) is 4.36. The van der Waals surface area contributed by atoms with Gasteiger partial charge >= 0.3 is 0 Å². The molecule has 104 valence electrons. The van der Waals surface area contributed by atoms with Crippen molar-refractivity contribution in [3.8, 4) is 0 Å². The summed E-state index contributed by atoms with van der Waals surface area (Å²) in [5.41, 5.74) is 3.65. The number of carbonyl (C=O) groups is 1. The highest BCUT2D eigenvalue weighted by Crippen LogP contribution is 2.20. The molecule has 1 N–H and O–H groups in total. The van der Waals surface area contributed by atoms with Crippen LogP contribution in [0.4, 0.5) is 0 Å². The SMILES string of the molecule is Cc1ccccc1C(=O)C=CSc1nc2ccccc2[nH]1. The van der Waals surface area contributed by atoms with Gasteiger partial charge in [-0.1, -0.05) is 48.2 Å². The highest BCUT2D eigenvalue weighted by molar-refractivity contribution is 8.02. The zero-order valence-corrected chi connectivity index (χ0v) is 12.4. The summed E-state index contributed by atoms with van der Waals surface area (Å²) in [6, 6.07) is 15.4. The van der Waals surface area contributed by atoms with Gasteiger partial charge in [0.25, 0.3) is 0 Å². The summed E-state index contributed by atoms with van der Waals surface area (Å²) in [5.74, 6) is 0.0108. The average Bonchev–Trinajstić information content (AvgIpc) is 2.90. The van der Waals surface area contributed by atoms with Gasteiger partial charge in [0.15, 0.2) is 10.9 Å². The van der Waals surface area contributed by atoms with Crippen molar-refractivity contribution >= 4 is 28.6 Å². The zero-order valence-electron chi connectivity index (χ0n) is 11.5. The van der Waals surface area contributed by atoms with Crippen LogP contribution >= 0.6 is 11.8 Å². The Hall–Kier alpha value is -2.33. The van der Waals surface area contributed by atoms with Crippen LogP contribution in [0.3, 0.4) is 0 Å². The Labute approximate surface area is 127 Å². The minimum atomic E-state index is 0.0108. The molecule has 0 bridgehead atoms. The van der Waals surface area contributed by atoms with E-state index < -0.39 is 0 Å². The van der Waals surface area contributed by atoms with Crippen molar-refractivity contribution < 1.29 is 4.79 Å². The molecular formula is C17H14N2OS. The monoisotopic (exact) mass is 294 g/mol. The first kappa shape index (κ1) is 13.6. The van der Waals surface area contributed by atoms with Crippen LogP contribution in [0.25, 0.3) is 11.0 Å². The lowest BCUT2D eigenvalue weighted by Crippen LogP contribution is -1.96. The van der Waals surface area contributed by atoms with E-state index in [0.29, 0.717) is 0 Å². The topological polar surface area (TPSA) is 45.8 Å². The van der Waals surface area contributed by atoms with Gasteiger partial charge in [-0.2, -0.15) is 0 Å². The first-order chi connectivity index (χ1) is 10.2. The summed E-state index contributed by atoms with van der Waals surface area (Å²) in [6.45, 7) is 1.94. The Kier molecular flexibility index (Phi) is 3.88. The first-order valence-corrected chi connectivity index (χ1v) is 7.50. The number of benzene rings is 2. The van der Waals surface area contributed by atoms with E-state index in [-0.39, 0.29) is 5.78 Å². The van der Waals surface area contributed by atoms with E-state index in [1.807, 2.05) is 55.5 Å². The first-order valence-electron chi connectivity index (χ1n) is 6.62. The second-order valence-corrected chi connectivity index (χ2v) is 5.55. The van der Waals surface area contributed by atoms with Gasteiger partial charge in [-0.3, -0.25) is 4.79 Å². The molecule has 0 unspecified atom stereocenters. The number of nitrogens with zero attached hydrogens (tertiary/aromatic N) is 1. The number of fused-ring (bicyclic) bond motifs is 1. The van der Waals surface area contributed by atoms with Crippen molar-refractivity contribution in [3.05, 3.63) is 71.1 Å². The molecule has 0 aliphatic heterocycles. The van der Waals surface area contributed by atoms with Crippen LogP contribution in [-0.2, 0) is 0 Å². The molecule has 0 aliphatic rings. The van der Waals surface area contributed by atoms with Crippen LogP contribution in [0.2, 0.25) is 0 Å². The third kappa shape index (κ3) is 3.06. The van der Waals surface area contributed by atoms with Crippen molar-refractivity contribution in [2.75, 3.05) is 0 Å². The summed E-state index contributed by atoms with van der Waals surface area (Å²) in [4.78, 5) is 19.8. The maximum atomic E-state index is 12.1. The second-order valence-electron chi connectivity index (χ2n) is 4.66. The number of thioether (sulfide) groups is 1. The number of H-pyrrole nitrogens is 1. The summed E-state index contributed by atoms with van der Waals surface area (Å²) in [7, 11) is 0. The molecule has 0 fully saturated rings. The molecule has 2 aromatic carbocycles. The minimum absolute atomic E-state index is 0.0108. The molecule has 1 heterocycles. The van der Waals surface area contributed by atoms with E-state index in [9.17, 15) is 4.79 Å². The molecule has 0 radical (unpaired) electrons. The van der Waals surface area contributed by atoms with Crippen LogP contribution in [0.15, 0.2) is 65.2 Å².